The van der Waals surface area contributed by atoms with Gasteiger partial charge in [-0.05, 0) is 30.7 Å². The van der Waals surface area contributed by atoms with Gasteiger partial charge in [-0.2, -0.15) is 0 Å². The normalized spacial score (nSPS) is 21.0. The van der Waals surface area contributed by atoms with Gasteiger partial charge in [0.2, 0.25) is 0 Å². The monoisotopic (exact) mass is 547 g/mol. The molecule has 0 saturated carbocycles. The zero-order valence-electron chi connectivity index (χ0n) is 13.7. The Morgan fingerprint density at radius 2 is 2.08 bits per heavy atom. The average Bonchev–Trinajstić information content (AvgIpc) is 2.85. The zero-order chi connectivity index (χ0) is 16.9. The lowest BCUT2D eigenvalue weighted by atomic mass is 10.3. The van der Waals surface area contributed by atoms with Gasteiger partial charge in [-0.1, -0.05) is 22.9 Å². The fourth-order valence-electron chi connectivity index (χ4n) is 2.32. The number of benzene rings is 1. The maximum Gasteiger partial charge on any atom is 0.191 e. The number of guanidine groups is 1. The fourth-order valence-corrected chi connectivity index (χ4v) is 5.19. The molecule has 2 unspecified atom stereocenters. The molecule has 136 valence electrons. The van der Waals surface area contributed by atoms with Crippen molar-refractivity contribution in [2.45, 2.75) is 29.5 Å². The lowest BCUT2D eigenvalue weighted by Gasteiger charge is -2.18. The standard InChI is InChI=1S/C15H22BrN3O2S2.HI/c1-11(22-14-5-3-12(16)4-6-14)9-18-15(17-2)19-13-7-8-23(20,21)10-13;/h3-6,11,13H,7-10H2,1-2H3,(H2,17,18,19);1H. The highest BCUT2D eigenvalue weighted by atomic mass is 127. The van der Waals surface area contributed by atoms with Crippen LogP contribution in [0.15, 0.2) is 38.6 Å². The van der Waals surface area contributed by atoms with Gasteiger partial charge >= 0.3 is 0 Å². The maximum absolute atomic E-state index is 11.5. The lowest BCUT2D eigenvalue weighted by Crippen LogP contribution is -2.45. The van der Waals surface area contributed by atoms with Gasteiger partial charge in [-0.15, -0.1) is 35.7 Å². The first-order chi connectivity index (χ1) is 10.9. The van der Waals surface area contributed by atoms with E-state index >= 15 is 0 Å². The smallest absolute Gasteiger partial charge is 0.191 e. The molecule has 9 heteroatoms. The molecule has 0 radical (unpaired) electrons. The van der Waals surface area contributed by atoms with E-state index in [0.29, 0.717) is 17.6 Å². The summed E-state index contributed by atoms with van der Waals surface area (Å²) in [7, 11) is -1.18. The van der Waals surface area contributed by atoms with Crippen molar-refractivity contribution < 1.29 is 8.42 Å². The first-order valence-electron chi connectivity index (χ1n) is 7.48. The molecule has 1 aliphatic rings. The number of sulfone groups is 1. The molecule has 0 amide bonds. The number of nitrogens with one attached hydrogen (secondary N) is 2. The predicted molar refractivity (Wildman–Crippen MR) is 116 cm³/mol. The Morgan fingerprint density at radius 3 is 2.62 bits per heavy atom. The third-order valence-electron chi connectivity index (χ3n) is 3.50. The molecule has 2 rings (SSSR count). The summed E-state index contributed by atoms with van der Waals surface area (Å²) in [6, 6.07) is 8.19. The highest BCUT2D eigenvalue weighted by molar-refractivity contribution is 14.0. The highest BCUT2D eigenvalue weighted by Crippen LogP contribution is 2.24. The quantitative estimate of drug-likeness (QED) is 0.257. The third-order valence-corrected chi connectivity index (χ3v) is 6.91. The number of thioether (sulfide) groups is 1. The third kappa shape index (κ3) is 7.49. The number of hydrogen-bond donors (Lipinski definition) is 2. The van der Waals surface area contributed by atoms with Gasteiger partial charge in [-0.3, -0.25) is 4.99 Å². The van der Waals surface area contributed by atoms with Crippen LogP contribution in [-0.4, -0.2) is 50.8 Å². The van der Waals surface area contributed by atoms with E-state index in [1.165, 1.54) is 4.90 Å². The Balaban J connectivity index is 0.00000288. The Labute approximate surface area is 173 Å². The van der Waals surface area contributed by atoms with Gasteiger partial charge in [0.15, 0.2) is 15.8 Å². The van der Waals surface area contributed by atoms with Crippen molar-refractivity contribution >= 4 is 67.5 Å². The fraction of sp³-hybridized carbons (Fsp3) is 0.533. The first-order valence-corrected chi connectivity index (χ1v) is 11.0. The average molecular weight is 548 g/mol. The zero-order valence-corrected chi connectivity index (χ0v) is 19.2. The van der Waals surface area contributed by atoms with E-state index in [1.54, 1.807) is 18.8 Å². The van der Waals surface area contributed by atoms with Crippen molar-refractivity contribution in [3.8, 4) is 0 Å². The highest BCUT2D eigenvalue weighted by Gasteiger charge is 2.28. The summed E-state index contributed by atoms with van der Waals surface area (Å²) < 4.78 is 24.1. The minimum atomic E-state index is -2.88. The van der Waals surface area contributed by atoms with Crippen molar-refractivity contribution in [3.63, 3.8) is 0 Å². The second-order valence-corrected chi connectivity index (χ2v) is 10.2. The summed E-state index contributed by atoms with van der Waals surface area (Å²) in [6.45, 7) is 2.90. The first kappa shape index (κ1) is 22.0. The Kier molecular flexibility index (Phi) is 9.39. The van der Waals surface area contributed by atoms with Crippen molar-refractivity contribution in [2.75, 3.05) is 25.1 Å². The van der Waals surface area contributed by atoms with E-state index < -0.39 is 9.84 Å². The van der Waals surface area contributed by atoms with Gasteiger partial charge in [0.05, 0.1) is 11.5 Å². The summed E-state index contributed by atoms with van der Waals surface area (Å²) >= 11 is 5.22. The molecule has 1 aromatic carbocycles. The predicted octanol–water partition coefficient (Wildman–Crippen LogP) is 2.90. The van der Waals surface area contributed by atoms with Crippen LogP contribution in [-0.2, 0) is 9.84 Å². The largest absolute Gasteiger partial charge is 0.355 e. The molecule has 2 atom stereocenters. The second kappa shape index (κ2) is 10.2. The van der Waals surface area contributed by atoms with Crippen LogP contribution < -0.4 is 10.6 Å². The van der Waals surface area contributed by atoms with Crippen molar-refractivity contribution in [3.05, 3.63) is 28.7 Å². The lowest BCUT2D eigenvalue weighted by molar-refractivity contribution is 0.599. The van der Waals surface area contributed by atoms with Gasteiger partial charge in [-0.25, -0.2) is 8.42 Å². The molecule has 0 spiro atoms. The summed E-state index contributed by atoms with van der Waals surface area (Å²) in [5.41, 5.74) is 0. The van der Waals surface area contributed by atoms with Gasteiger partial charge in [0, 0.05) is 34.3 Å². The Hall–Kier alpha value is -0.000000000000000222. The van der Waals surface area contributed by atoms with E-state index in [4.69, 9.17) is 0 Å². The van der Waals surface area contributed by atoms with E-state index in [0.717, 1.165) is 11.0 Å². The molecule has 1 saturated heterocycles. The molecule has 24 heavy (non-hydrogen) atoms. The van der Waals surface area contributed by atoms with Crippen molar-refractivity contribution in [1.82, 2.24) is 10.6 Å². The number of nitrogens with zero attached hydrogens (tertiary/aromatic N) is 1. The van der Waals surface area contributed by atoms with Crippen molar-refractivity contribution in [1.29, 1.82) is 0 Å². The van der Waals surface area contributed by atoms with Crippen LogP contribution in [0.2, 0.25) is 0 Å². The molecule has 2 N–H and O–H groups in total. The molecule has 1 heterocycles. The number of hydrogen-bond acceptors (Lipinski definition) is 4. The van der Waals surface area contributed by atoms with Crippen LogP contribution in [0.4, 0.5) is 0 Å². The van der Waals surface area contributed by atoms with E-state index in [2.05, 4.69) is 50.6 Å². The van der Waals surface area contributed by atoms with E-state index in [-0.39, 0.29) is 41.5 Å². The Bertz CT molecular complexity index is 653. The molecule has 0 bridgehead atoms. The molecule has 0 aliphatic carbocycles. The van der Waals surface area contributed by atoms with Crippen LogP contribution in [0.25, 0.3) is 0 Å². The van der Waals surface area contributed by atoms with E-state index in [9.17, 15) is 8.42 Å². The summed E-state index contributed by atoms with van der Waals surface area (Å²) in [6.07, 6.45) is 0.645. The molecule has 1 aliphatic heterocycles. The summed E-state index contributed by atoms with van der Waals surface area (Å²) in [4.78, 5) is 5.39. The minimum Gasteiger partial charge on any atom is -0.355 e. The van der Waals surface area contributed by atoms with Crippen LogP contribution in [0, 0.1) is 0 Å². The molecule has 5 nitrogen and oxygen atoms in total. The van der Waals surface area contributed by atoms with Gasteiger partial charge in [0.1, 0.15) is 0 Å². The van der Waals surface area contributed by atoms with Gasteiger partial charge < -0.3 is 10.6 Å². The molecule has 1 aromatic rings. The Morgan fingerprint density at radius 1 is 1.42 bits per heavy atom. The summed E-state index contributed by atoms with van der Waals surface area (Å²) in [5.74, 6) is 1.12. The van der Waals surface area contributed by atoms with Crippen LogP contribution >= 0.6 is 51.7 Å². The SMILES string of the molecule is CN=C(NCC(C)Sc1ccc(Br)cc1)NC1CCS(=O)(=O)C1.I. The van der Waals surface area contributed by atoms with Crippen molar-refractivity contribution in [2.24, 2.45) is 4.99 Å². The molecular formula is C15H23BrIN3O2S2. The minimum absolute atomic E-state index is 0. The second-order valence-electron chi connectivity index (χ2n) is 5.58. The van der Waals surface area contributed by atoms with Crippen LogP contribution in [0.1, 0.15) is 13.3 Å². The van der Waals surface area contributed by atoms with E-state index in [1.807, 2.05) is 12.1 Å². The number of rotatable bonds is 5. The number of aliphatic imine (C=N–C) groups is 1. The topological polar surface area (TPSA) is 70.6 Å². The number of halogens is 2. The summed E-state index contributed by atoms with van der Waals surface area (Å²) in [5, 5.41) is 6.82. The van der Waals surface area contributed by atoms with Crippen LogP contribution in [0.5, 0.6) is 0 Å². The van der Waals surface area contributed by atoms with Crippen LogP contribution in [0.3, 0.4) is 0 Å². The maximum atomic E-state index is 11.5. The van der Waals surface area contributed by atoms with Gasteiger partial charge in [0.25, 0.3) is 0 Å². The molecule has 1 fully saturated rings. The molecular weight excluding hydrogens is 525 g/mol. The molecule has 0 aromatic heterocycles.